The van der Waals surface area contributed by atoms with E-state index in [0.717, 1.165) is 19.6 Å². The number of aromatic nitrogens is 1. The molecule has 1 aromatic rings. The summed E-state index contributed by atoms with van der Waals surface area (Å²) in [5, 5.41) is 3.51. The first kappa shape index (κ1) is 10.0. The van der Waals surface area contributed by atoms with E-state index >= 15 is 0 Å². The molecule has 16 heavy (non-hydrogen) atoms. The molecule has 2 saturated heterocycles. The fourth-order valence-corrected chi connectivity index (χ4v) is 2.83. The summed E-state index contributed by atoms with van der Waals surface area (Å²) in [6.45, 7) is 2.92. The molecule has 2 aliphatic heterocycles. The van der Waals surface area contributed by atoms with E-state index in [-0.39, 0.29) is 5.82 Å². The number of fused-ring (bicyclic) bond motifs is 1. The van der Waals surface area contributed by atoms with Crippen molar-refractivity contribution in [1.82, 2.24) is 10.3 Å². The molecule has 3 rings (SSSR count). The summed E-state index contributed by atoms with van der Waals surface area (Å²) in [6, 6.07) is 3.65. The molecule has 3 nitrogen and oxygen atoms in total. The van der Waals surface area contributed by atoms with Gasteiger partial charge < -0.3 is 10.2 Å². The molecule has 0 aliphatic carbocycles. The van der Waals surface area contributed by atoms with Gasteiger partial charge >= 0.3 is 0 Å². The molecule has 0 radical (unpaired) electrons. The lowest BCUT2D eigenvalue weighted by molar-refractivity contribution is 0.340. The minimum Gasteiger partial charge on any atom is -0.352 e. The second-order valence-electron chi connectivity index (χ2n) is 4.68. The molecular formula is C12H16FN3. The van der Waals surface area contributed by atoms with Gasteiger partial charge in [-0.1, -0.05) is 0 Å². The molecule has 2 aliphatic rings. The van der Waals surface area contributed by atoms with Crippen molar-refractivity contribution in [2.75, 3.05) is 24.5 Å². The third kappa shape index (κ3) is 1.67. The Morgan fingerprint density at radius 2 is 2.38 bits per heavy atom. The lowest BCUT2D eigenvalue weighted by Crippen LogP contribution is -2.40. The number of hydrogen-bond donors (Lipinski definition) is 1. The molecule has 0 bridgehead atoms. The Hall–Kier alpha value is -1.16. The zero-order chi connectivity index (χ0) is 11.0. The average molecular weight is 221 g/mol. The zero-order valence-corrected chi connectivity index (χ0v) is 9.19. The van der Waals surface area contributed by atoms with E-state index in [1.165, 1.54) is 18.9 Å². The highest BCUT2D eigenvalue weighted by atomic mass is 19.1. The van der Waals surface area contributed by atoms with Crippen LogP contribution in [0.15, 0.2) is 18.3 Å². The normalized spacial score (nSPS) is 29.2. The van der Waals surface area contributed by atoms with E-state index in [1.54, 1.807) is 12.3 Å². The largest absolute Gasteiger partial charge is 0.352 e. The standard InChI is InChI=1S/C12H16FN3/c13-10-4-2-6-15-12(10)16-7-9-3-1-5-14-11(9)8-16/h2,4,6,9,11,14H,1,3,5,7-8H2. The molecule has 0 aromatic carbocycles. The minimum atomic E-state index is -0.207. The van der Waals surface area contributed by atoms with Crippen LogP contribution in [0.2, 0.25) is 0 Å². The number of halogens is 1. The summed E-state index contributed by atoms with van der Waals surface area (Å²) in [5.74, 6) is 0.968. The van der Waals surface area contributed by atoms with Crippen LogP contribution >= 0.6 is 0 Å². The number of hydrogen-bond acceptors (Lipinski definition) is 3. The van der Waals surface area contributed by atoms with Crippen LogP contribution in [-0.2, 0) is 0 Å². The van der Waals surface area contributed by atoms with Gasteiger partial charge in [-0.05, 0) is 37.4 Å². The lowest BCUT2D eigenvalue weighted by atomic mass is 9.94. The fourth-order valence-electron chi connectivity index (χ4n) is 2.83. The zero-order valence-electron chi connectivity index (χ0n) is 9.19. The van der Waals surface area contributed by atoms with E-state index in [9.17, 15) is 4.39 Å². The Balaban J connectivity index is 1.80. The van der Waals surface area contributed by atoms with Gasteiger partial charge in [0, 0.05) is 25.3 Å². The molecular weight excluding hydrogens is 205 g/mol. The first-order valence-electron chi connectivity index (χ1n) is 5.93. The molecule has 86 valence electrons. The second kappa shape index (κ2) is 4.01. The van der Waals surface area contributed by atoms with E-state index < -0.39 is 0 Å². The molecule has 0 saturated carbocycles. The molecule has 0 spiro atoms. The highest BCUT2D eigenvalue weighted by Crippen LogP contribution is 2.28. The van der Waals surface area contributed by atoms with Gasteiger partial charge in [0.1, 0.15) is 0 Å². The van der Waals surface area contributed by atoms with Crippen LogP contribution in [0, 0.1) is 11.7 Å². The monoisotopic (exact) mass is 221 g/mol. The number of nitrogens with one attached hydrogen (secondary N) is 1. The van der Waals surface area contributed by atoms with E-state index in [4.69, 9.17) is 0 Å². The Kier molecular flexibility index (Phi) is 2.52. The summed E-state index contributed by atoms with van der Waals surface area (Å²) in [4.78, 5) is 6.21. The summed E-state index contributed by atoms with van der Waals surface area (Å²) in [5.41, 5.74) is 0. The number of anilines is 1. The summed E-state index contributed by atoms with van der Waals surface area (Å²) in [6.07, 6.45) is 4.15. The van der Waals surface area contributed by atoms with Gasteiger partial charge in [-0.3, -0.25) is 0 Å². The summed E-state index contributed by atoms with van der Waals surface area (Å²) < 4.78 is 13.6. The maximum Gasteiger partial charge on any atom is 0.165 e. The van der Waals surface area contributed by atoms with Crippen molar-refractivity contribution in [3.8, 4) is 0 Å². The Bertz CT molecular complexity index is 368. The third-order valence-electron chi connectivity index (χ3n) is 3.64. The summed E-state index contributed by atoms with van der Waals surface area (Å²) in [7, 11) is 0. The van der Waals surface area contributed by atoms with Gasteiger partial charge in [0.05, 0.1) is 0 Å². The second-order valence-corrected chi connectivity index (χ2v) is 4.68. The van der Waals surface area contributed by atoms with Crippen molar-refractivity contribution in [2.24, 2.45) is 5.92 Å². The molecule has 1 aromatic heterocycles. The van der Waals surface area contributed by atoms with Gasteiger partial charge in [0.25, 0.3) is 0 Å². The summed E-state index contributed by atoms with van der Waals surface area (Å²) >= 11 is 0. The van der Waals surface area contributed by atoms with Crippen molar-refractivity contribution in [3.63, 3.8) is 0 Å². The fraction of sp³-hybridized carbons (Fsp3) is 0.583. The first-order valence-corrected chi connectivity index (χ1v) is 5.93. The van der Waals surface area contributed by atoms with E-state index in [0.29, 0.717) is 17.8 Å². The van der Waals surface area contributed by atoms with Crippen molar-refractivity contribution < 1.29 is 4.39 Å². The van der Waals surface area contributed by atoms with Crippen molar-refractivity contribution >= 4 is 5.82 Å². The van der Waals surface area contributed by atoms with Gasteiger partial charge in [0.2, 0.25) is 0 Å². The van der Waals surface area contributed by atoms with Gasteiger partial charge in [-0.2, -0.15) is 0 Å². The Labute approximate surface area is 94.7 Å². The minimum absolute atomic E-state index is 0.207. The quantitative estimate of drug-likeness (QED) is 0.777. The van der Waals surface area contributed by atoms with E-state index in [2.05, 4.69) is 15.2 Å². The maximum atomic E-state index is 13.6. The van der Waals surface area contributed by atoms with Crippen LogP contribution in [0.1, 0.15) is 12.8 Å². The average Bonchev–Trinajstić information content (AvgIpc) is 2.73. The Morgan fingerprint density at radius 1 is 1.44 bits per heavy atom. The molecule has 0 amide bonds. The van der Waals surface area contributed by atoms with Crippen molar-refractivity contribution in [3.05, 3.63) is 24.1 Å². The van der Waals surface area contributed by atoms with Crippen LogP contribution in [0.5, 0.6) is 0 Å². The first-order chi connectivity index (χ1) is 7.84. The Morgan fingerprint density at radius 3 is 3.19 bits per heavy atom. The molecule has 2 fully saturated rings. The van der Waals surface area contributed by atoms with Gasteiger partial charge in [0.15, 0.2) is 11.6 Å². The number of pyridine rings is 1. The molecule has 4 heteroatoms. The van der Waals surface area contributed by atoms with Crippen LogP contribution in [0.25, 0.3) is 0 Å². The van der Waals surface area contributed by atoms with Crippen LogP contribution in [-0.4, -0.2) is 30.7 Å². The predicted octanol–water partition coefficient (Wildman–Crippen LogP) is 1.41. The van der Waals surface area contributed by atoms with Gasteiger partial charge in [-0.25, -0.2) is 9.37 Å². The predicted molar refractivity (Wildman–Crippen MR) is 60.9 cm³/mol. The highest BCUT2D eigenvalue weighted by Gasteiger charge is 2.35. The van der Waals surface area contributed by atoms with Crippen LogP contribution in [0.4, 0.5) is 10.2 Å². The van der Waals surface area contributed by atoms with Gasteiger partial charge in [-0.15, -0.1) is 0 Å². The molecule has 2 unspecified atom stereocenters. The smallest absolute Gasteiger partial charge is 0.165 e. The number of nitrogens with zero attached hydrogens (tertiary/aromatic N) is 2. The molecule has 3 heterocycles. The SMILES string of the molecule is Fc1cccnc1N1CC2CCCNC2C1. The highest BCUT2D eigenvalue weighted by molar-refractivity contribution is 5.41. The number of rotatable bonds is 1. The van der Waals surface area contributed by atoms with Crippen molar-refractivity contribution in [2.45, 2.75) is 18.9 Å². The lowest BCUT2D eigenvalue weighted by Gasteiger charge is -2.24. The topological polar surface area (TPSA) is 28.2 Å². The van der Waals surface area contributed by atoms with E-state index in [1.807, 2.05) is 0 Å². The number of piperidine rings is 1. The molecule has 2 atom stereocenters. The third-order valence-corrected chi connectivity index (χ3v) is 3.64. The maximum absolute atomic E-state index is 13.6. The van der Waals surface area contributed by atoms with Crippen LogP contribution in [0.3, 0.4) is 0 Å². The van der Waals surface area contributed by atoms with Crippen molar-refractivity contribution in [1.29, 1.82) is 0 Å². The molecule has 1 N–H and O–H groups in total. The van der Waals surface area contributed by atoms with Crippen LogP contribution < -0.4 is 10.2 Å².